The number of halogens is 1. The average Bonchev–Trinajstić information content (AvgIpc) is 2.83. The highest BCUT2D eigenvalue weighted by Crippen LogP contribution is 2.30. The topological polar surface area (TPSA) is 40.6 Å². The fourth-order valence-electron chi connectivity index (χ4n) is 5.38. The lowest BCUT2D eigenvalue weighted by molar-refractivity contribution is 0.0605. The number of hydrogen-bond acceptors (Lipinski definition) is 3. The first-order chi connectivity index (χ1) is 16.1. The molecular weight excluding hydrogens is 476 g/mol. The van der Waals surface area contributed by atoms with Gasteiger partial charge in [-0.2, -0.15) is 0 Å². The van der Waals surface area contributed by atoms with E-state index in [4.69, 9.17) is 0 Å². The molecule has 2 heterocycles. The Hall–Kier alpha value is -2.50. The molecule has 0 bridgehead atoms. The van der Waals surface area contributed by atoms with Crippen molar-refractivity contribution in [3.63, 3.8) is 0 Å². The highest BCUT2D eigenvalue weighted by Gasteiger charge is 2.32. The zero-order valence-electron chi connectivity index (χ0n) is 18.8. The number of likely N-dealkylation sites (tertiary alicyclic amines) is 1. The number of piperidine rings is 1. The molecule has 3 aromatic rings. The maximum absolute atomic E-state index is 13.0. The third-order valence-electron chi connectivity index (χ3n) is 7.03. The van der Waals surface area contributed by atoms with Gasteiger partial charge in [0.05, 0.1) is 0 Å². The van der Waals surface area contributed by atoms with E-state index in [1.807, 2.05) is 36.4 Å². The Morgan fingerprint density at radius 2 is 1.55 bits per heavy atom. The van der Waals surface area contributed by atoms with Crippen LogP contribution < -0.4 is 0 Å². The molecule has 4 nitrogen and oxygen atoms in total. The van der Waals surface area contributed by atoms with Gasteiger partial charge in [-0.1, -0.05) is 58.4 Å². The molecule has 0 radical (unpaired) electrons. The number of amides is 2. The number of hydrogen-bond donors (Lipinski definition) is 0. The highest BCUT2D eigenvalue weighted by atomic mass is 79.9. The summed E-state index contributed by atoms with van der Waals surface area (Å²) in [4.78, 5) is 30.1. The molecule has 1 atom stereocenters. The molecule has 0 spiro atoms. The number of imide groups is 1. The van der Waals surface area contributed by atoms with Gasteiger partial charge in [0.25, 0.3) is 11.8 Å². The van der Waals surface area contributed by atoms with E-state index in [9.17, 15) is 9.59 Å². The van der Waals surface area contributed by atoms with Gasteiger partial charge in [0.15, 0.2) is 0 Å². The van der Waals surface area contributed by atoms with E-state index in [2.05, 4.69) is 45.1 Å². The van der Waals surface area contributed by atoms with Crippen molar-refractivity contribution in [3.8, 4) is 0 Å². The predicted molar refractivity (Wildman–Crippen MR) is 136 cm³/mol. The van der Waals surface area contributed by atoms with Gasteiger partial charge in [-0.15, -0.1) is 0 Å². The van der Waals surface area contributed by atoms with Gasteiger partial charge < -0.3 is 4.90 Å². The molecule has 0 aliphatic carbocycles. The summed E-state index contributed by atoms with van der Waals surface area (Å²) >= 11 is 3.68. The lowest BCUT2D eigenvalue weighted by Gasteiger charge is -2.33. The van der Waals surface area contributed by atoms with E-state index in [1.54, 1.807) is 0 Å². The number of benzene rings is 3. The lowest BCUT2D eigenvalue weighted by Crippen LogP contribution is -2.41. The Bertz CT molecular complexity index is 1140. The SMILES string of the molecule is O=C1c2cccc3cccc(c23)C(=O)N1CCCCN1CCCC(Cc2ccccc2Br)C1. The quantitative estimate of drug-likeness (QED) is 0.295. The first-order valence-corrected chi connectivity index (χ1v) is 12.7. The molecule has 2 aliphatic heterocycles. The molecule has 33 heavy (non-hydrogen) atoms. The van der Waals surface area contributed by atoms with Gasteiger partial charge >= 0.3 is 0 Å². The summed E-state index contributed by atoms with van der Waals surface area (Å²) in [7, 11) is 0. The van der Waals surface area contributed by atoms with Crippen molar-refractivity contribution in [1.82, 2.24) is 9.80 Å². The third-order valence-corrected chi connectivity index (χ3v) is 7.81. The molecule has 0 aromatic heterocycles. The van der Waals surface area contributed by atoms with E-state index in [0.717, 1.165) is 49.7 Å². The van der Waals surface area contributed by atoms with Crippen molar-refractivity contribution in [2.75, 3.05) is 26.2 Å². The van der Waals surface area contributed by atoms with Crippen LogP contribution in [0.15, 0.2) is 65.1 Å². The van der Waals surface area contributed by atoms with E-state index in [0.29, 0.717) is 23.6 Å². The van der Waals surface area contributed by atoms with Gasteiger partial charge in [0.1, 0.15) is 0 Å². The summed E-state index contributed by atoms with van der Waals surface area (Å²) in [5.41, 5.74) is 2.68. The van der Waals surface area contributed by atoms with Crippen LogP contribution >= 0.6 is 15.9 Å². The summed E-state index contributed by atoms with van der Waals surface area (Å²) in [5.74, 6) is 0.367. The number of carbonyl (C=O) groups is 2. The monoisotopic (exact) mass is 504 g/mol. The standard InChI is InChI=1S/C28H29BrN2O2/c29-25-14-2-1-9-22(25)18-20-8-7-16-30(19-20)15-3-4-17-31-27(32)23-12-5-10-21-11-6-13-24(26(21)23)28(31)33/h1-2,5-6,9-14,20H,3-4,7-8,15-19H2. The molecular formula is C28H29BrN2O2. The average molecular weight is 505 g/mol. The van der Waals surface area contributed by atoms with Crippen LogP contribution in [0.4, 0.5) is 0 Å². The lowest BCUT2D eigenvalue weighted by atomic mass is 9.91. The largest absolute Gasteiger partial charge is 0.303 e. The molecule has 1 fully saturated rings. The molecule has 3 aromatic carbocycles. The van der Waals surface area contributed by atoms with E-state index < -0.39 is 0 Å². The number of carbonyl (C=O) groups excluding carboxylic acids is 2. The van der Waals surface area contributed by atoms with Crippen LogP contribution in [0.3, 0.4) is 0 Å². The minimum atomic E-state index is -0.157. The molecule has 5 heteroatoms. The second kappa shape index (κ2) is 9.78. The summed E-state index contributed by atoms with van der Waals surface area (Å²) in [6.07, 6.45) is 5.45. The maximum atomic E-state index is 13.0. The summed E-state index contributed by atoms with van der Waals surface area (Å²) < 4.78 is 1.20. The molecule has 2 amide bonds. The van der Waals surface area contributed by atoms with Gasteiger partial charge in [-0.25, -0.2) is 0 Å². The second-order valence-electron chi connectivity index (χ2n) is 9.28. The van der Waals surface area contributed by atoms with Crippen molar-refractivity contribution in [3.05, 3.63) is 81.8 Å². The van der Waals surface area contributed by atoms with Gasteiger partial charge in [-0.05, 0) is 80.3 Å². The maximum Gasteiger partial charge on any atom is 0.261 e. The minimum Gasteiger partial charge on any atom is -0.303 e. The molecule has 5 rings (SSSR count). The minimum absolute atomic E-state index is 0.157. The molecule has 2 aliphatic rings. The van der Waals surface area contributed by atoms with E-state index in [-0.39, 0.29) is 11.8 Å². The van der Waals surface area contributed by atoms with Crippen molar-refractivity contribution in [2.24, 2.45) is 5.92 Å². The zero-order valence-corrected chi connectivity index (χ0v) is 20.4. The van der Waals surface area contributed by atoms with Crippen molar-refractivity contribution in [1.29, 1.82) is 0 Å². The van der Waals surface area contributed by atoms with Gasteiger partial charge in [0.2, 0.25) is 0 Å². The first kappa shape index (κ1) is 22.3. The molecule has 1 saturated heterocycles. The Balaban J connectivity index is 1.15. The van der Waals surface area contributed by atoms with Crippen LogP contribution in [0.25, 0.3) is 10.8 Å². The van der Waals surface area contributed by atoms with Crippen molar-refractivity contribution >= 4 is 38.5 Å². The highest BCUT2D eigenvalue weighted by molar-refractivity contribution is 9.10. The zero-order chi connectivity index (χ0) is 22.8. The molecule has 170 valence electrons. The van der Waals surface area contributed by atoms with Crippen LogP contribution in [-0.2, 0) is 6.42 Å². The smallest absolute Gasteiger partial charge is 0.261 e. The number of nitrogens with zero attached hydrogens (tertiary/aromatic N) is 2. The Kier molecular flexibility index (Phi) is 6.61. The van der Waals surface area contributed by atoms with Crippen LogP contribution in [0.1, 0.15) is 52.0 Å². The van der Waals surface area contributed by atoms with Crippen molar-refractivity contribution in [2.45, 2.75) is 32.1 Å². The van der Waals surface area contributed by atoms with Crippen LogP contribution in [0.2, 0.25) is 0 Å². The fraction of sp³-hybridized carbons (Fsp3) is 0.357. The first-order valence-electron chi connectivity index (χ1n) is 12.0. The fourth-order valence-corrected chi connectivity index (χ4v) is 5.83. The van der Waals surface area contributed by atoms with Crippen LogP contribution in [0, 0.1) is 5.92 Å². The predicted octanol–water partition coefficient (Wildman–Crippen LogP) is 5.93. The molecule has 0 N–H and O–H groups in total. The Morgan fingerprint density at radius 1 is 0.848 bits per heavy atom. The van der Waals surface area contributed by atoms with E-state index >= 15 is 0 Å². The third kappa shape index (κ3) is 4.62. The summed E-state index contributed by atoms with van der Waals surface area (Å²) in [6.45, 7) is 3.77. The van der Waals surface area contributed by atoms with Crippen LogP contribution in [-0.4, -0.2) is 47.8 Å². The van der Waals surface area contributed by atoms with E-state index in [1.165, 1.54) is 27.8 Å². The van der Waals surface area contributed by atoms with Crippen LogP contribution in [0.5, 0.6) is 0 Å². The Morgan fingerprint density at radius 3 is 2.27 bits per heavy atom. The normalized spacial score (nSPS) is 18.8. The summed E-state index contributed by atoms with van der Waals surface area (Å²) in [6, 6.07) is 19.9. The molecule has 0 saturated carbocycles. The van der Waals surface area contributed by atoms with Crippen molar-refractivity contribution < 1.29 is 9.59 Å². The number of unbranched alkanes of at least 4 members (excludes halogenated alkanes) is 1. The van der Waals surface area contributed by atoms with Gasteiger partial charge in [-0.3, -0.25) is 14.5 Å². The summed E-state index contributed by atoms with van der Waals surface area (Å²) in [5, 5.41) is 1.75. The van der Waals surface area contributed by atoms with Gasteiger partial charge in [0, 0.05) is 34.1 Å². The molecule has 1 unspecified atom stereocenters. The second-order valence-corrected chi connectivity index (χ2v) is 10.1. The Labute approximate surface area is 203 Å². The number of rotatable bonds is 7.